The molecule has 0 aliphatic heterocycles. The number of fused-ring (bicyclic) bond motifs is 7. The normalized spacial score (nSPS) is 11.6. The molecule has 0 aliphatic carbocycles. The van der Waals surface area contributed by atoms with E-state index in [-0.39, 0.29) is 0 Å². The van der Waals surface area contributed by atoms with E-state index >= 15 is 0 Å². The number of para-hydroxylation sites is 2. The van der Waals surface area contributed by atoms with Gasteiger partial charge in [0.05, 0.1) is 0 Å². The van der Waals surface area contributed by atoms with Gasteiger partial charge in [0.15, 0.2) is 0 Å². The van der Waals surface area contributed by atoms with E-state index in [1.54, 1.807) is 0 Å². The minimum Gasteiger partial charge on any atom is -0.455 e. The van der Waals surface area contributed by atoms with Gasteiger partial charge in [-0.05, 0) is 86.6 Å². The molecule has 0 spiro atoms. The van der Waals surface area contributed by atoms with Crippen LogP contribution in [0.15, 0.2) is 205 Å². The molecule has 2 aromatic heterocycles. The van der Waals surface area contributed by atoms with Gasteiger partial charge in [-0.2, -0.15) is 0 Å². The van der Waals surface area contributed by atoms with Gasteiger partial charge in [-0.25, -0.2) is 0 Å². The van der Waals surface area contributed by atoms with Crippen LogP contribution in [0.5, 0.6) is 0 Å². The highest BCUT2D eigenvalue weighted by molar-refractivity contribution is 7.26. The number of thiophene rings is 1. The molecule has 0 N–H and O–H groups in total. The lowest BCUT2D eigenvalue weighted by Crippen LogP contribution is -2.17. The summed E-state index contributed by atoms with van der Waals surface area (Å²) in [6, 6.07) is 72.5. The summed E-state index contributed by atoms with van der Waals surface area (Å²) in [7, 11) is 0. The van der Waals surface area contributed by atoms with Gasteiger partial charge < -0.3 is 9.32 Å². The van der Waals surface area contributed by atoms with Crippen LogP contribution in [0.25, 0.3) is 86.3 Å². The molecule has 0 amide bonds. The second kappa shape index (κ2) is 13.4. The first-order chi connectivity index (χ1) is 27.7. The second-order valence-electron chi connectivity index (χ2n) is 14.5. The maximum atomic E-state index is 6.57. The van der Waals surface area contributed by atoms with Crippen LogP contribution in [0.4, 0.5) is 11.4 Å². The first kappa shape index (κ1) is 32.5. The molecule has 2 nitrogen and oxygen atoms in total. The quantitative estimate of drug-likeness (QED) is 0.162. The molecular formula is C53H35NOS. The fourth-order valence-electron chi connectivity index (χ4n) is 8.42. The van der Waals surface area contributed by atoms with Gasteiger partial charge in [-0.15, -0.1) is 11.3 Å². The lowest BCUT2D eigenvalue weighted by Gasteiger charge is -2.27. The van der Waals surface area contributed by atoms with Crippen LogP contribution < -0.4 is 4.90 Å². The van der Waals surface area contributed by atoms with E-state index in [2.05, 4.69) is 199 Å². The van der Waals surface area contributed by atoms with Crippen molar-refractivity contribution in [3.05, 3.63) is 206 Å². The van der Waals surface area contributed by atoms with Crippen molar-refractivity contribution < 1.29 is 4.42 Å². The van der Waals surface area contributed by atoms with E-state index in [9.17, 15) is 0 Å². The van der Waals surface area contributed by atoms with Crippen LogP contribution in [-0.2, 0) is 6.54 Å². The maximum Gasteiger partial charge on any atom is 0.143 e. The van der Waals surface area contributed by atoms with Gasteiger partial charge in [-0.3, -0.25) is 0 Å². The second-order valence-corrected chi connectivity index (χ2v) is 15.5. The highest BCUT2D eigenvalue weighted by Crippen LogP contribution is 2.43. The zero-order valence-corrected chi connectivity index (χ0v) is 31.3. The van der Waals surface area contributed by atoms with Crippen LogP contribution in [0.2, 0.25) is 0 Å². The SMILES string of the molecule is c1cc(-c2ccc3ccccc3c2)cc(N(Cc2ccccc2-c2cccc3c2oc2ccccc23)c2cccc(-c3cccc4c3sc3ccccc34)c2)c1. The molecule has 0 bridgehead atoms. The lowest BCUT2D eigenvalue weighted by molar-refractivity contribution is 0.670. The van der Waals surface area contributed by atoms with Crippen LogP contribution in [0.3, 0.4) is 0 Å². The Morgan fingerprint density at radius 2 is 1.04 bits per heavy atom. The minimum absolute atomic E-state index is 0.657. The molecule has 0 radical (unpaired) electrons. The van der Waals surface area contributed by atoms with Crippen LogP contribution in [0.1, 0.15) is 5.56 Å². The number of anilines is 2. The number of hydrogen-bond donors (Lipinski definition) is 0. The Morgan fingerprint density at radius 1 is 0.411 bits per heavy atom. The van der Waals surface area contributed by atoms with Crippen molar-refractivity contribution in [2.45, 2.75) is 6.54 Å². The van der Waals surface area contributed by atoms with Crippen LogP contribution in [0, 0.1) is 0 Å². The molecule has 11 rings (SSSR count). The number of nitrogens with zero attached hydrogens (tertiary/aromatic N) is 1. The number of furan rings is 1. The average molecular weight is 734 g/mol. The monoisotopic (exact) mass is 733 g/mol. The zero-order chi connectivity index (χ0) is 37.0. The summed E-state index contributed by atoms with van der Waals surface area (Å²) in [5, 5.41) is 7.38. The molecule has 0 fully saturated rings. The predicted molar refractivity (Wildman–Crippen MR) is 239 cm³/mol. The van der Waals surface area contributed by atoms with E-state index in [1.807, 2.05) is 17.4 Å². The molecule has 0 unspecified atom stereocenters. The summed E-state index contributed by atoms with van der Waals surface area (Å²) in [6.07, 6.45) is 0. The van der Waals surface area contributed by atoms with Gasteiger partial charge in [0.2, 0.25) is 0 Å². The fourth-order valence-corrected chi connectivity index (χ4v) is 9.66. The predicted octanol–water partition coefficient (Wildman–Crippen LogP) is 15.4. The smallest absolute Gasteiger partial charge is 0.143 e. The lowest BCUT2D eigenvalue weighted by atomic mass is 9.96. The molecule has 264 valence electrons. The Bertz CT molecular complexity index is 3260. The summed E-state index contributed by atoms with van der Waals surface area (Å²) < 4.78 is 9.21. The minimum atomic E-state index is 0.657. The highest BCUT2D eigenvalue weighted by atomic mass is 32.1. The molecule has 0 aliphatic rings. The summed E-state index contributed by atoms with van der Waals surface area (Å²) in [6.45, 7) is 0.657. The molecule has 0 saturated carbocycles. The van der Waals surface area contributed by atoms with Crippen molar-refractivity contribution >= 4 is 75.6 Å². The standard InChI is InChI=1S/C53H35NOS/c1-2-14-36-31-38(30-29-35(36)13-1)37-16-9-18-41(32-37)54(42-19-10-17-39(33-42)44-23-11-26-49-46-22-6-8-28-51(46)56-53(44)49)34-40-15-3-4-20-43(40)47-24-12-25-48-45-21-5-7-27-50(45)55-52(47)48/h1-33H,34H2. The third-order valence-electron chi connectivity index (χ3n) is 11.2. The number of hydrogen-bond acceptors (Lipinski definition) is 3. The van der Waals surface area contributed by atoms with Gasteiger partial charge in [0, 0.05) is 54.4 Å². The molecule has 2 heterocycles. The Kier molecular flexibility index (Phi) is 7.78. The van der Waals surface area contributed by atoms with E-state index in [1.165, 1.54) is 64.3 Å². The first-order valence-electron chi connectivity index (χ1n) is 19.1. The summed E-state index contributed by atoms with van der Waals surface area (Å²) >= 11 is 1.88. The molecule has 0 saturated heterocycles. The van der Waals surface area contributed by atoms with Gasteiger partial charge in [0.1, 0.15) is 11.2 Å². The average Bonchev–Trinajstić information content (AvgIpc) is 3.84. The molecule has 9 aromatic carbocycles. The van der Waals surface area contributed by atoms with E-state index < -0.39 is 0 Å². The number of rotatable bonds is 7. The van der Waals surface area contributed by atoms with E-state index in [0.29, 0.717) is 6.54 Å². The third kappa shape index (κ3) is 5.56. The van der Waals surface area contributed by atoms with Gasteiger partial charge in [-0.1, -0.05) is 158 Å². The Hall–Kier alpha value is -6.94. The van der Waals surface area contributed by atoms with Crippen LogP contribution >= 0.6 is 11.3 Å². The Morgan fingerprint density at radius 3 is 1.93 bits per heavy atom. The van der Waals surface area contributed by atoms with E-state index in [0.717, 1.165) is 38.9 Å². The Labute approximate surface area is 329 Å². The summed E-state index contributed by atoms with van der Waals surface area (Å²) in [5.74, 6) is 0. The fraction of sp³-hybridized carbons (Fsp3) is 0.0189. The summed E-state index contributed by atoms with van der Waals surface area (Å²) in [4.78, 5) is 2.47. The topological polar surface area (TPSA) is 16.4 Å². The Balaban J connectivity index is 1.07. The van der Waals surface area contributed by atoms with Crippen molar-refractivity contribution in [1.82, 2.24) is 0 Å². The largest absolute Gasteiger partial charge is 0.455 e. The van der Waals surface area contributed by atoms with E-state index in [4.69, 9.17) is 4.42 Å². The van der Waals surface area contributed by atoms with Crippen molar-refractivity contribution in [1.29, 1.82) is 0 Å². The number of benzene rings is 9. The molecular weight excluding hydrogens is 699 g/mol. The van der Waals surface area contributed by atoms with Gasteiger partial charge in [0.25, 0.3) is 0 Å². The van der Waals surface area contributed by atoms with Crippen LogP contribution in [-0.4, -0.2) is 0 Å². The summed E-state index contributed by atoms with van der Waals surface area (Å²) in [5.41, 5.74) is 12.4. The zero-order valence-electron chi connectivity index (χ0n) is 30.5. The molecule has 11 aromatic rings. The highest BCUT2D eigenvalue weighted by Gasteiger charge is 2.19. The van der Waals surface area contributed by atoms with Crippen molar-refractivity contribution in [2.24, 2.45) is 0 Å². The van der Waals surface area contributed by atoms with Crippen molar-refractivity contribution in [3.8, 4) is 33.4 Å². The first-order valence-corrected chi connectivity index (χ1v) is 19.9. The third-order valence-corrected chi connectivity index (χ3v) is 12.4. The van der Waals surface area contributed by atoms with Gasteiger partial charge >= 0.3 is 0 Å². The van der Waals surface area contributed by atoms with Crippen molar-refractivity contribution in [3.63, 3.8) is 0 Å². The maximum absolute atomic E-state index is 6.57. The van der Waals surface area contributed by atoms with Crippen molar-refractivity contribution in [2.75, 3.05) is 4.90 Å². The molecule has 3 heteroatoms. The molecule has 0 atom stereocenters. The molecule has 56 heavy (non-hydrogen) atoms.